The standard InChI is InChI=1S/C16H22N2S/c1-12(13-5-8-18(2)9-6-13)17-15-3-4-16-14(11-15)7-10-19-16/h3-4,7,10-13,17H,5-6,8-9H2,1-2H3. The molecule has 0 aliphatic carbocycles. The molecule has 1 saturated heterocycles. The minimum atomic E-state index is 0.560. The van der Waals surface area contributed by atoms with Crippen molar-refractivity contribution in [3.8, 4) is 0 Å². The Labute approximate surface area is 119 Å². The molecule has 0 spiro atoms. The van der Waals surface area contributed by atoms with E-state index in [2.05, 4.69) is 53.8 Å². The number of nitrogens with one attached hydrogen (secondary N) is 1. The predicted octanol–water partition coefficient (Wildman–Crippen LogP) is 4.04. The fourth-order valence-electron chi connectivity index (χ4n) is 2.97. The summed E-state index contributed by atoms with van der Waals surface area (Å²) in [6.45, 7) is 4.80. The van der Waals surface area contributed by atoms with Crippen molar-refractivity contribution in [2.45, 2.75) is 25.8 Å². The molecule has 2 aromatic rings. The normalized spacial score (nSPS) is 19.7. The van der Waals surface area contributed by atoms with E-state index in [1.165, 1.54) is 41.7 Å². The minimum absolute atomic E-state index is 0.560. The second-order valence-electron chi connectivity index (χ2n) is 5.75. The number of nitrogens with zero attached hydrogens (tertiary/aromatic N) is 1. The summed E-state index contributed by atoms with van der Waals surface area (Å²) in [5.41, 5.74) is 1.26. The van der Waals surface area contributed by atoms with Crippen LogP contribution in [-0.4, -0.2) is 31.1 Å². The molecule has 0 amide bonds. The summed E-state index contributed by atoms with van der Waals surface area (Å²) in [5, 5.41) is 7.21. The first-order valence-corrected chi connectivity index (χ1v) is 8.03. The van der Waals surface area contributed by atoms with E-state index in [9.17, 15) is 0 Å². The number of fused-ring (bicyclic) bond motifs is 1. The van der Waals surface area contributed by atoms with Crippen LogP contribution in [0.2, 0.25) is 0 Å². The molecular weight excluding hydrogens is 252 g/mol. The summed E-state index contributed by atoms with van der Waals surface area (Å²) in [7, 11) is 2.22. The number of hydrogen-bond acceptors (Lipinski definition) is 3. The summed E-state index contributed by atoms with van der Waals surface area (Å²) in [5.74, 6) is 0.800. The van der Waals surface area contributed by atoms with Crippen molar-refractivity contribution in [3.05, 3.63) is 29.6 Å². The number of piperidine rings is 1. The summed E-state index contributed by atoms with van der Waals surface area (Å²) < 4.78 is 1.37. The first-order chi connectivity index (χ1) is 9.22. The van der Waals surface area contributed by atoms with Crippen LogP contribution in [0.1, 0.15) is 19.8 Å². The molecule has 1 aliphatic heterocycles. The SMILES string of the molecule is CC(Nc1ccc2sccc2c1)C1CCN(C)CC1. The van der Waals surface area contributed by atoms with E-state index >= 15 is 0 Å². The van der Waals surface area contributed by atoms with Gasteiger partial charge in [-0.05, 0) is 80.9 Å². The van der Waals surface area contributed by atoms with Crippen molar-refractivity contribution in [1.82, 2.24) is 4.90 Å². The van der Waals surface area contributed by atoms with Gasteiger partial charge in [0.1, 0.15) is 0 Å². The van der Waals surface area contributed by atoms with Crippen LogP contribution in [0.25, 0.3) is 10.1 Å². The number of thiophene rings is 1. The third-order valence-corrected chi connectivity index (χ3v) is 5.21. The van der Waals surface area contributed by atoms with Gasteiger partial charge in [0.25, 0.3) is 0 Å². The first kappa shape index (κ1) is 12.9. The van der Waals surface area contributed by atoms with Gasteiger partial charge in [-0.25, -0.2) is 0 Å². The Kier molecular flexibility index (Phi) is 3.76. The van der Waals surface area contributed by atoms with E-state index < -0.39 is 0 Å². The zero-order valence-electron chi connectivity index (χ0n) is 11.7. The predicted molar refractivity (Wildman–Crippen MR) is 85.1 cm³/mol. The van der Waals surface area contributed by atoms with Crippen molar-refractivity contribution in [2.75, 3.05) is 25.5 Å². The third-order valence-electron chi connectivity index (χ3n) is 4.32. The third kappa shape index (κ3) is 2.93. The van der Waals surface area contributed by atoms with Crippen LogP contribution < -0.4 is 5.32 Å². The lowest BCUT2D eigenvalue weighted by molar-refractivity contribution is 0.208. The van der Waals surface area contributed by atoms with Gasteiger partial charge in [0.05, 0.1) is 0 Å². The average Bonchev–Trinajstić information content (AvgIpc) is 2.87. The summed E-state index contributed by atoms with van der Waals surface area (Å²) in [6.07, 6.45) is 2.62. The number of anilines is 1. The number of rotatable bonds is 3. The van der Waals surface area contributed by atoms with Gasteiger partial charge in [0.15, 0.2) is 0 Å². The number of hydrogen-bond donors (Lipinski definition) is 1. The zero-order valence-corrected chi connectivity index (χ0v) is 12.5. The van der Waals surface area contributed by atoms with Crippen LogP contribution in [0.15, 0.2) is 29.6 Å². The second-order valence-corrected chi connectivity index (χ2v) is 6.69. The Morgan fingerprint density at radius 3 is 2.84 bits per heavy atom. The van der Waals surface area contributed by atoms with Crippen molar-refractivity contribution in [2.24, 2.45) is 5.92 Å². The van der Waals surface area contributed by atoms with Crippen molar-refractivity contribution >= 4 is 27.1 Å². The topological polar surface area (TPSA) is 15.3 Å². The molecule has 1 N–H and O–H groups in total. The molecule has 1 atom stereocenters. The molecule has 1 aromatic heterocycles. The molecule has 1 fully saturated rings. The molecule has 1 unspecified atom stereocenters. The highest BCUT2D eigenvalue weighted by Crippen LogP contribution is 2.26. The van der Waals surface area contributed by atoms with Crippen LogP contribution in [0.5, 0.6) is 0 Å². The lowest BCUT2D eigenvalue weighted by Gasteiger charge is -2.33. The van der Waals surface area contributed by atoms with E-state index in [1.54, 1.807) is 0 Å². The molecule has 102 valence electrons. The van der Waals surface area contributed by atoms with E-state index in [0.717, 1.165) is 5.92 Å². The van der Waals surface area contributed by atoms with Crippen molar-refractivity contribution in [1.29, 1.82) is 0 Å². The molecule has 1 aromatic carbocycles. The van der Waals surface area contributed by atoms with Gasteiger partial charge < -0.3 is 10.2 Å². The molecule has 0 bridgehead atoms. The molecule has 19 heavy (non-hydrogen) atoms. The quantitative estimate of drug-likeness (QED) is 0.908. The number of benzene rings is 1. The Bertz CT molecular complexity index is 540. The molecule has 3 heteroatoms. The Hall–Kier alpha value is -1.06. The summed E-state index contributed by atoms with van der Waals surface area (Å²) in [6, 6.07) is 9.47. The Morgan fingerprint density at radius 2 is 2.05 bits per heavy atom. The van der Waals surface area contributed by atoms with Gasteiger partial charge in [-0.15, -0.1) is 11.3 Å². The van der Waals surface area contributed by atoms with Gasteiger partial charge in [0.2, 0.25) is 0 Å². The summed E-state index contributed by atoms with van der Waals surface area (Å²) in [4.78, 5) is 2.43. The zero-order chi connectivity index (χ0) is 13.2. The highest BCUT2D eigenvalue weighted by molar-refractivity contribution is 7.17. The molecule has 1 aliphatic rings. The van der Waals surface area contributed by atoms with Crippen LogP contribution in [0.4, 0.5) is 5.69 Å². The highest BCUT2D eigenvalue weighted by Gasteiger charge is 2.22. The fraction of sp³-hybridized carbons (Fsp3) is 0.500. The maximum Gasteiger partial charge on any atom is 0.0349 e. The van der Waals surface area contributed by atoms with Gasteiger partial charge >= 0.3 is 0 Å². The van der Waals surface area contributed by atoms with Crippen molar-refractivity contribution in [3.63, 3.8) is 0 Å². The van der Waals surface area contributed by atoms with Crippen LogP contribution in [0.3, 0.4) is 0 Å². The van der Waals surface area contributed by atoms with E-state index in [1.807, 2.05) is 11.3 Å². The first-order valence-electron chi connectivity index (χ1n) is 7.15. The smallest absolute Gasteiger partial charge is 0.0349 e. The lowest BCUT2D eigenvalue weighted by Crippen LogP contribution is -2.37. The fourth-order valence-corrected chi connectivity index (χ4v) is 3.74. The van der Waals surface area contributed by atoms with E-state index in [0.29, 0.717) is 6.04 Å². The molecule has 0 saturated carbocycles. The molecule has 2 nitrogen and oxygen atoms in total. The van der Waals surface area contributed by atoms with E-state index in [-0.39, 0.29) is 0 Å². The molecule has 2 heterocycles. The van der Waals surface area contributed by atoms with Crippen LogP contribution in [-0.2, 0) is 0 Å². The number of likely N-dealkylation sites (tertiary alicyclic amines) is 1. The highest BCUT2D eigenvalue weighted by atomic mass is 32.1. The van der Waals surface area contributed by atoms with Crippen LogP contribution in [0, 0.1) is 5.92 Å². The largest absolute Gasteiger partial charge is 0.382 e. The van der Waals surface area contributed by atoms with Gasteiger partial charge in [0, 0.05) is 16.4 Å². The monoisotopic (exact) mass is 274 g/mol. The Balaban J connectivity index is 1.66. The molecular formula is C16H22N2S. The van der Waals surface area contributed by atoms with Gasteiger partial charge in [-0.1, -0.05) is 0 Å². The maximum atomic E-state index is 3.69. The van der Waals surface area contributed by atoms with Gasteiger partial charge in [-0.2, -0.15) is 0 Å². The average molecular weight is 274 g/mol. The molecule has 3 rings (SSSR count). The van der Waals surface area contributed by atoms with Gasteiger partial charge in [-0.3, -0.25) is 0 Å². The second kappa shape index (κ2) is 5.51. The minimum Gasteiger partial charge on any atom is -0.382 e. The van der Waals surface area contributed by atoms with Crippen LogP contribution >= 0.6 is 11.3 Å². The summed E-state index contributed by atoms with van der Waals surface area (Å²) >= 11 is 1.81. The Morgan fingerprint density at radius 1 is 1.26 bits per heavy atom. The maximum absolute atomic E-state index is 3.69. The lowest BCUT2D eigenvalue weighted by atomic mass is 9.90. The molecule has 0 radical (unpaired) electrons. The van der Waals surface area contributed by atoms with E-state index in [4.69, 9.17) is 0 Å². The van der Waals surface area contributed by atoms with Crippen molar-refractivity contribution < 1.29 is 0 Å².